The number of hydrogen-bond acceptors (Lipinski definition) is 6. The van der Waals surface area contributed by atoms with Gasteiger partial charge in [0.2, 0.25) is 0 Å². The molecule has 2 atom stereocenters. The number of aromatic nitrogens is 2. The SMILES string of the molecule is O=[N+]([O-])c1cn2c(n1)OCC(O[C@H]1CCCCO1)C2. The molecule has 0 N–H and O–H groups in total. The number of nitrogens with zero attached hydrogens (tertiary/aromatic N) is 3. The fourth-order valence-corrected chi connectivity index (χ4v) is 2.27. The van der Waals surface area contributed by atoms with Gasteiger partial charge < -0.3 is 24.3 Å². The summed E-state index contributed by atoms with van der Waals surface area (Å²) in [7, 11) is 0. The Morgan fingerprint density at radius 3 is 3.16 bits per heavy atom. The molecule has 0 aromatic carbocycles. The third-order valence-corrected chi connectivity index (χ3v) is 3.20. The smallest absolute Gasteiger partial charge is 0.414 e. The van der Waals surface area contributed by atoms with Gasteiger partial charge in [-0.1, -0.05) is 0 Å². The first kappa shape index (κ1) is 12.4. The van der Waals surface area contributed by atoms with Crippen molar-refractivity contribution in [3.63, 3.8) is 0 Å². The molecule has 8 heteroatoms. The van der Waals surface area contributed by atoms with Crippen LogP contribution in [0.3, 0.4) is 0 Å². The minimum Gasteiger partial charge on any atom is -0.443 e. The summed E-state index contributed by atoms with van der Waals surface area (Å²) in [6.07, 6.45) is 4.06. The topological polar surface area (TPSA) is 88.7 Å². The van der Waals surface area contributed by atoms with E-state index in [1.54, 1.807) is 4.57 Å². The van der Waals surface area contributed by atoms with Crippen molar-refractivity contribution in [2.24, 2.45) is 0 Å². The van der Waals surface area contributed by atoms with Crippen LogP contribution in [0.25, 0.3) is 0 Å². The van der Waals surface area contributed by atoms with Crippen LogP contribution in [0.15, 0.2) is 6.20 Å². The third-order valence-electron chi connectivity index (χ3n) is 3.20. The number of nitro groups is 1. The average Bonchev–Trinajstić information content (AvgIpc) is 2.83. The van der Waals surface area contributed by atoms with Crippen LogP contribution in [0, 0.1) is 10.1 Å². The van der Waals surface area contributed by atoms with Crippen LogP contribution in [-0.4, -0.2) is 40.1 Å². The molecule has 1 fully saturated rings. The fraction of sp³-hybridized carbons (Fsp3) is 0.727. The zero-order chi connectivity index (χ0) is 13.2. The molecule has 8 nitrogen and oxygen atoms in total. The largest absolute Gasteiger partial charge is 0.443 e. The second kappa shape index (κ2) is 5.14. The predicted octanol–water partition coefficient (Wildman–Crippen LogP) is 1.10. The summed E-state index contributed by atoms with van der Waals surface area (Å²) < 4.78 is 18.3. The van der Waals surface area contributed by atoms with E-state index in [4.69, 9.17) is 14.2 Å². The van der Waals surface area contributed by atoms with Crippen LogP contribution in [0.1, 0.15) is 19.3 Å². The second-order valence-electron chi connectivity index (χ2n) is 4.66. The van der Waals surface area contributed by atoms with Gasteiger partial charge in [-0.15, -0.1) is 0 Å². The lowest BCUT2D eigenvalue weighted by Gasteiger charge is -2.29. The van der Waals surface area contributed by atoms with E-state index in [9.17, 15) is 10.1 Å². The number of imidazole rings is 1. The lowest BCUT2D eigenvalue weighted by molar-refractivity contribution is -0.389. The van der Waals surface area contributed by atoms with Crippen LogP contribution in [0.5, 0.6) is 6.01 Å². The van der Waals surface area contributed by atoms with Crippen molar-refractivity contribution >= 4 is 5.82 Å². The highest BCUT2D eigenvalue weighted by Gasteiger charge is 2.30. The minimum absolute atomic E-state index is 0.163. The average molecular weight is 269 g/mol. The van der Waals surface area contributed by atoms with E-state index in [0.717, 1.165) is 25.9 Å². The maximum atomic E-state index is 10.6. The van der Waals surface area contributed by atoms with E-state index in [0.29, 0.717) is 13.2 Å². The molecule has 3 heterocycles. The van der Waals surface area contributed by atoms with E-state index < -0.39 is 4.92 Å². The summed E-state index contributed by atoms with van der Waals surface area (Å²) in [5.74, 6) is -0.204. The van der Waals surface area contributed by atoms with Gasteiger partial charge in [0.1, 0.15) is 18.9 Å². The number of ether oxygens (including phenoxy) is 3. The number of hydrogen-bond donors (Lipinski definition) is 0. The highest BCUT2D eigenvalue weighted by Crippen LogP contribution is 2.24. The van der Waals surface area contributed by atoms with Crippen molar-refractivity contribution in [1.29, 1.82) is 0 Å². The summed E-state index contributed by atoms with van der Waals surface area (Å²) in [5.41, 5.74) is 0. The molecule has 0 saturated carbocycles. The molecule has 3 rings (SSSR count). The Balaban J connectivity index is 1.63. The van der Waals surface area contributed by atoms with Crippen molar-refractivity contribution in [3.05, 3.63) is 16.3 Å². The minimum atomic E-state index is -0.533. The Hall–Kier alpha value is -1.67. The lowest BCUT2D eigenvalue weighted by Crippen LogP contribution is -2.37. The van der Waals surface area contributed by atoms with Crippen LogP contribution >= 0.6 is 0 Å². The molecule has 0 bridgehead atoms. The molecular formula is C11H15N3O5. The number of rotatable bonds is 3. The quantitative estimate of drug-likeness (QED) is 0.603. The van der Waals surface area contributed by atoms with E-state index in [-0.39, 0.29) is 24.2 Å². The van der Waals surface area contributed by atoms with Gasteiger partial charge in [-0.05, 0) is 24.2 Å². The van der Waals surface area contributed by atoms with Gasteiger partial charge in [0, 0.05) is 11.6 Å². The monoisotopic (exact) mass is 269 g/mol. The highest BCUT2D eigenvalue weighted by atomic mass is 16.7. The van der Waals surface area contributed by atoms with Gasteiger partial charge in [0.15, 0.2) is 6.29 Å². The van der Waals surface area contributed by atoms with Crippen molar-refractivity contribution in [2.45, 2.75) is 38.2 Å². The molecule has 2 aliphatic heterocycles. The van der Waals surface area contributed by atoms with Crippen molar-refractivity contribution < 1.29 is 19.1 Å². The molecular weight excluding hydrogens is 254 g/mol. The predicted molar refractivity (Wildman–Crippen MR) is 62.8 cm³/mol. The Morgan fingerprint density at radius 1 is 1.53 bits per heavy atom. The molecule has 1 saturated heterocycles. The number of fused-ring (bicyclic) bond motifs is 1. The van der Waals surface area contributed by atoms with Crippen molar-refractivity contribution in [3.8, 4) is 6.01 Å². The summed E-state index contributed by atoms with van der Waals surface area (Å²) >= 11 is 0. The van der Waals surface area contributed by atoms with Gasteiger partial charge in [0.05, 0.1) is 6.54 Å². The third kappa shape index (κ3) is 2.69. The van der Waals surface area contributed by atoms with Crippen LogP contribution < -0.4 is 4.74 Å². The molecule has 0 aliphatic carbocycles. The maximum absolute atomic E-state index is 10.6. The highest BCUT2D eigenvalue weighted by molar-refractivity contribution is 5.21. The molecule has 0 amide bonds. The Bertz CT molecular complexity index is 469. The summed E-state index contributed by atoms with van der Waals surface area (Å²) in [4.78, 5) is 13.9. The van der Waals surface area contributed by atoms with Gasteiger partial charge in [-0.25, -0.2) is 0 Å². The molecule has 0 radical (unpaired) electrons. The maximum Gasteiger partial charge on any atom is 0.414 e. The van der Waals surface area contributed by atoms with E-state index in [1.807, 2.05) is 0 Å². The van der Waals surface area contributed by atoms with Crippen molar-refractivity contribution in [1.82, 2.24) is 9.55 Å². The first-order chi connectivity index (χ1) is 9.22. The molecule has 0 spiro atoms. The van der Waals surface area contributed by atoms with E-state index in [1.165, 1.54) is 6.20 Å². The second-order valence-corrected chi connectivity index (χ2v) is 4.66. The van der Waals surface area contributed by atoms with Gasteiger partial charge in [-0.2, -0.15) is 0 Å². The molecule has 1 aromatic heterocycles. The van der Waals surface area contributed by atoms with Crippen LogP contribution in [-0.2, 0) is 16.0 Å². The zero-order valence-electron chi connectivity index (χ0n) is 10.4. The van der Waals surface area contributed by atoms with Gasteiger partial charge in [-0.3, -0.25) is 4.57 Å². The summed E-state index contributed by atoms with van der Waals surface area (Å²) in [6, 6.07) is 0.274. The van der Waals surface area contributed by atoms with Crippen LogP contribution in [0.4, 0.5) is 5.82 Å². The van der Waals surface area contributed by atoms with Gasteiger partial charge >= 0.3 is 11.8 Å². The summed E-state index contributed by atoms with van der Waals surface area (Å²) in [5, 5.41) is 10.6. The standard InChI is InChI=1S/C11H15N3O5/c15-14(16)9-6-13-5-8(7-18-11(13)12-9)19-10-3-1-2-4-17-10/h6,8,10H,1-5,7H2/t8?,10-/m0/s1. The van der Waals surface area contributed by atoms with Gasteiger partial charge in [0.25, 0.3) is 0 Å². The molecule has 1 unspecified atom stereocenters. The van der Waals surface area contributed by atoms with Crippen LogP contribution in [0.2, 0.25) is 0 Å². The Morgan fingerprint density at radius 2 is 2.42 bits per heavy atom. The molecule has 2 aliphatic rings. The fourth-order valence-electron chi connectivity index (χ4n) is 2.27. The van der Waals surface area contributed by atoms with Crippen molar-refractivity contribution in [2.75, 3.05) is 13.2 Å². The first-order valence-corrected chi connectivity index (χ1v) is 6.34. The van der Waals surface area contributed by atoms with E-state index in [2.05, 4.69) is 4.98 Å². The normalized spacial score (nSPS) is 26.5. The van der Waals surface area contributed by atoms with E-state index >= 15 is 0 Å². The Kier molecular flexibility index (Phi) is 3.34. The lowest BCUT2D eigenvalue weighted by atomic mass is 10.2. The zero-order valence-corrected chi connectivity index (χ0v) is 10.4. The summed E-state index contributed by atoms with van der Waals surface area (Å²) in [6.45, 7) is 1.56. The molecule has 1 aromatic rings. The Labute approximate surface area is 109 Å². The first-order valence-electron chi connectivity index (χ1n) is 6.34. The molecule has 104 valence electrons. The molecule has 19 heavy (non-hydrogen) atoms.